The van der Waals surface area contributed by atoms with Crippen molar-refractivity contribution in [1.82, 2.24) is 4.57 Å². The molecule has 0 saturated carbocycles. The number of benzene rings is 2. The monoisotopic (exact) mass is 377 g/mol. The van der Waals surface area contributed by atoms with Gasteiger partial charge < -0.3 is 0 Å². The predicted molar refractivity (Wildman–Crippen MR) is 86.1 cm³/mol. The molecule has 0 saturated heterocycles. The summed E-state index contributed by atoms with van der Waals surface area (Å²) in [5, 5.41) is 1.22. The molecule has 0 radical (unpaired) electrons. The molecule has 0 atom stereocenters. The van der Waals surface area contributed by atoms with Crippen LogP contribution in [0.2, 0.25) is 0 Å². The van der Waals surface area contributed by atoms with Crippen LogP contribution < -0.4 is 0 Å². The largest absolute Gasteiger partial charge is 0.291 e. The van der Waals surface area contributed by atoms with Gasteiger partial charge in [-0.3, -0.25) is 4.57 Å². The van der Waals surface area contributed by atoms with E-state index in [9.17, 15) is 4.39 Å². The standard InChI is InChI=1S/C16H11FIN2/c17-14-8-13(18)4-5-15(14)20-9-12-3-1-2-11-6-7-19(10-20)16(11)12/h1-9H,10H2/q+1. The van der Waals surface area contributed by atoms with E-state index in [1.54, 1.807) is 6.07 Å². The SMILES string of the molecule is Fc1cc(I)ccc1[N+]1=Cc2cccc3ccn(c23)C1. The van der Waals surface area contributed by atoms with Crippen LogP contribution in [0.4, 0.5) is 10.1 Å². The molecule has 2 heterocycles. The summed E-state index contributed by atoms with van der Waals surface area (Å²) in [4.78, 5) is 0. The zero-order valence-corrected chi connectivity index (χ0v) is 12.7. The first-order valence-corrected chi connectivity index (χ1v) is 7.45. The Balaban J connectivity index is 1.91. The summed E-state index contributed by atoms with van der Waals surface area (Å²) >= 11 is 2.12. The van der Waals surface area contributed by atoms with Crippen molar-refractivity contribution in [2.24, 2.45) is 0 Å². The first-order chi connectivity index (χ1) is 9.72. The second-order valence-electron chi connectivity index (χ2n) is 4.91. The van der Waals surface area contributed by atoms with Crippen LogP contribution >= 0.6 is 22.6 Å². The molecule has 3 aromatic rings. The van der Waals surface area contributed by atoms with E-state index in [1.807, 2.05) is 29.0 Å². The molecule has 1 aliphatic heterocycles. The van der Waals surface area contributed by atoms with Crippen molar-refractivity contribution in [2.75, 3.05) is 0 Å². The van der Waals surface area contributed by atoms with E-state index in [0.717, 1.165) is 9.13 Å². The van der Waals surface area contributed by atoms with Gasteiger partial charge in [0.25, 0.3) is 0 Å². The Kier molecular flexibility index (Phi) is 2.66. The molecule has 0 fully saturated rings. The lowest BCUT2D eigenvalue weighted by Crippen LogP contribution is -2.19. The van der Waals surface area contributed by atoms with E-state index in [0.29, 0.717) is 12.4 Å². The molecular formula is C16H11FIN2+. The minimum atomic E-state index is -0.184. The molecule has 0 N–H and O–H groups in total. The van der Waals surface area contributed by atoms with E-state index in [-0.39, 0.29) is 5.82 Å². The van der Waals surface area contributed by atoms with Gasteiger partial charge in [0.05, 0.1) is 11.1 Å². The van der Waals surface area contributed by atoms with Crippen molar-refractivity contribution < 1.29 is 8.97 Å². The lowest BCUT2D eigenvalue weighted by Gasteiger charge is -2.13. The number of hydrogen-bond acceptors (Lipinski definition) is 0. The van der Waals surface area contributed by atoms with Gasteiger partial charge in [-0.15, -0.1) is 0 Å². The fraction of sp³-hybridized carbons (Fsp3) is 0.0625. The van der Waals surface area contributed by atoms with E-state index in [1.165, 1.54) is 10.9 Å². The summed E-state index contributed by atoms with van der Waals surface area (Å²) in [5.41, 5.74) is 2.95. The molecule has 20 heavy (non-hydrogen) atoms. The van der Waals surface area contributed by atoms with Gasteiger partial charge >= 0.3 is 0 Å². The summed E-state index contributed by atoms with van der Waals surface area (Å²) in [6, 6.07) is 13.6. The third kappa shape index (κ3) is 1.78. The molecule has 4 rings (SSSR count). The maximum atomic E-state index is 14.2. The van der Waals surface area contributed by atoms with Gasteiger partial charge in [0.2, 0.25) is 12.4 Å². The highest BCUT2D eigenvalue weighted by Gasteiger charge is 2.22. The summed E-state index contributed by atoms with van der Waals surface area (Å²) in [5.74, 6) is -0.184. The molecule has 2 nitrogen and oxygen atoms in total. The highest BCUT2D eigenvalue weighted by atomic mass is 127. The van der Waals surface area contributed by atoms with Gasteiger partial charge in [-0.1, -0.05) is 12.1 Å². The molecular weight excluding hydrogens is 366 g/mol. The lowest BCUT2D eigenvalue weighted by molar-refractivity contribution is -0.473. The Bertz CT molecular complexity index is 864. The minimum Gasteiger partial charge on any atom is -0.291 e. The van der Waals surface area contributed by atoms with E-state index in [2.05, 4.69) is 51.6 Å². The van der Waals surface area contributed by atoms with Crippen LogP contribution in [0, 0.1) is 9.39 Å². The van der Waals surface area contributed by atoms with Gasteiger partial charge in [-0.2, -0.15) is 8.97 Å². The molecule has 2 aromatic carbocycles. The number of rotatable bonds is 1. The van der Waals surface area contributed by atoms with Gasteiger partial charge in [-0.05, 0) is 46.9 Å². The smallest absolute Gasteiger partial charge is 0.242 e. The topological polar surface area (TPSA) is 7.94 Å². The molecule has 0 spiro atoms. The molecule has 0 unspecified atom stereocenters. The Morgan fingerprint density at radius 2 is 2.05 bits per heavy atom. The van der Waals surface area contributed by atoms with Crippen LogP contribution in [0.5, 0.6) is 0 Å². The molecule has 0 aliphatic carbocycles. The van der Waals surface area contributed by atoms with E-state index < -0.39 is 0 Å². The first kappa shape index (κ1) is 12.1. The zero-order valence-electron chi connectivity index (χ0n) is 10.6. The third-order valence-electron chi connectivity index (χ3n) is 3.64. The van der Waals surface area contributed by atoms with Crippen LogP contribution in [0.3, 0.4) is 0 Å². The second-order valence-corrected chi connectivity index (χ2v) is 6.15. The highest BCUT2D eigenvalue weighted by molar-refractivity contribution is 14.1. The Labute approximate surface area is 129 Å². The number of hydrogen-bond donors (Lipinski definition) is 0. The highest BCUT2D eigenvalue weighted by Crippen LogP contribution is 2.26. The Hall–Kier alpha value is -1.69. The Morgan fingerprint density at radius 3 is 2.90 bits per heavy atom. The average molecular weight is 377 g/mol. The Morgan fingerprint density at radius 1 is 1.15 bits per heavy atom. The quantitative estimate of drug-likeness (QED) is 0.445. The molecule has 98 valence electrons. The van der Waals surface area contributed by atoms with Gasteiger partial charge in [0.15, 0.2) is 12.0 Å². The molecule has 4 heteroatoms. The number of halogens is 2. The fourth-order valence-electron chi connectivity index (χ4n) is 2.75. The van der Waals surface area contributed by atoms with Crippen LogP contribution in [-0.2, 0) is 6.67 Å². The number of nitrogens with zero attached hydrogens (tertiary/aromatic N) is 2. The summed E-state index contributed by atoms with van der Waals surface area (Å²) < 4.78 is 19.2. The van der Waals surface area contributed by atoms with Gasteiger partial charge in [0.1, 0.15) is 0 Å². The van der Waals surface area contributed by atoms with Crippen LogP contribution in [-0.4, -0.2) is 15.4 Å². The van der Waals surface area contributed by atoms with Crippen molar-refractivity contribution in [3.8, 4) is 0 Å². The third-order valence-corrected chi connectivity index (χ3v) is 4.31. The van der Waals surface area contributed by atoms with Crippen molar-refractivity contribution in [3.63, 3.8) is 0 Å². The fourth-order valence-corrected chi connectivity index (χ4v) is 3.20. The normalized spacial score (nSPS) is 13.6. The van der Waals surface area contributed by atoms with E-state index in [4.69, 9.17) is 0 Å². The summed E-state index contributed by atoms with van der Waals surface area (Å²) in [6.45, 7) is 0.637. The summed E-state index contributed by atoms with van der Waals surface area (Å²) in [7, 11) is 0. The molecule has 0 bridgehead atoms. The number of para-hydroxylation sites is 1. The molecule has 0 amide bonds. The van der Waals surface area contributed by atoms with Gasteiger partial charge in [0, 0.05) is 21.2 Å². The van der Waals surface area contributed by atoms with Crippen molar-refractivity contribution in [1.29, 1.82) is 0 Å². The minimum absolute atomic E-state index is 0.184. The summed E-state index contributed by atoms with van der Waals surface area (Å²) in [6.07, 6.45) is 4.08. The van der Waals surface area contributed by atoms with Crippen LogP contribution in [0.15, 0.2) is 48.7 Å². The van der Waals surface area contributed by atoms with Crippen molar-refractivity contribution in [3.05, 3.63) is 63.6 Å². The van der Waals surface area contributed by atoms with E-state index >= 15 is 0 Å². The molecule has 1 aromatic heterocycles. The predicted octanol–water partition coefficient (Wildman–Crippen LogP) is 4.12. The zero-order chi connectivity index (χ0) is 13.7. The lowest BCUT2D eigenvalue weighted by atomic mass is 10.1. The van der Waals surface area contributed by atoms with Crippen LogP contribution in [0.25, 0.3) is 10.9 Å². The van der Waals surface area contributed by atoms with Crippen molar-refractivity contribution >= 4 is 45.4 Å². The molecule has 1 aliphatic rings. The number of aromatic nitrogens is 1. The van der Waals surface area contributed by atoms with Gasteiger partial charge in [-0.25, -0.2) is 0 Å². The second kappa shape index (κ2) is 4.41. The van der Waals surface area contributed by atoms with Crippen LogP contribution in [0.1, 0.15) is 5.56 Å². The maximum absolute atomic E-state index is 14.2. The van der Waals surface area contributed by atoms with Crippen molar-refractivity contribution in [2.45, 2.75) is 6.67 Å². The maximum Gasteiger partial charge on any atom is 0.242 e. The first-order valence-electron chi connectivity index (χ1n) is 6.37. The average Bonchev–Trinajstić information content (AvgIpc) is 2.84.